The van der Waals surface area contributed by atoms with Gasteiger partial charge in [-0.05, 0) is 79.3 Å². The van der Waals surface area contributed by atoms with Gasteiger partial charge in [0.25, 0.3) is 0 Å². The minimum Gasteiger partial charge on any atom is -0.493 e. The predicted octanol–water partition coefficient (Wildman–Crippen LogP) is 4.10. The van der Waals surface area contributed by atoms with Crippen LogP contribution >= 0.6 is 22.6 Å². The van der Waals surface area contributed by atoms with E-state index in [2.05, 4.69) is 22.6 Å². The molecule has 4 rings (SSSR count). The number of aliphatic carboxylic acids is 1. The van der Waals surface area contributed by atoms with Crippen molar-refractivity contribution >= 4 is 28.6 Å². The zero-order valence-corrected chi connectivity index (χ0v) is 13.6. The summed E-state index contributed by atoms with van der Waals surface area (Å²) < 4.78 is 7.16. The van der Waals surface area contributed by atoms with Crippen LogP contribution in [0.4, 0.5) is 0 Å². The normalized spacial score (nSPS) is 32.0. The van der Waals surface area contributed by atoms with Crippen molar-refractivity contribution in [2.75, 3.05) is 6.61 Å². The van der Waals surface area contributed by atoms with Crippen LogP contribution in [0.25, 0.3) is 0 Å². The largest absolute Gasteiger partial charge is 0.493 e. The van der Waals surface area contributed by atoms with Gasteiger partial charge in [-0.25, -0.2) is 0 Å². The molecule has 20 heavy (non-hydrogen) atoms. The quantitative estimate of drug-likeness (QED) is 0.793. The van der Waals surface area contributed by atoms with Crippen LogP contribution in [-0.4, -0.2) is 17.7 Å². The summed E-state index contributed by atoms with van der Waals surface area (Å²) in [6.45, 7) is 0.725. The van der Waals surface area contributed by atoms with E-state index < -0.39 is 11.4 Å². The van der Waals surface area contributed by atoms with Crippen LogP contribution in [0.3, 0.4) is 0 Å². The average molecular weight is 386 g/mol. The fraction of sp³-hybridized carbons (Fsp3) is 0.562. The number of carboxylic acids is 1. The minimum atomic E-state index is -0.593. The first-order chi connectivity index (χ1) is 9.54. The van der Waals surface area contributed by atoms with Crippen molar-refractivity contribution in [3.8, 4) is 5.75 Å². The Morgan fingerprint density at radius 1 is 1.20 bits per heavy atom. The summed E-state index contributed by atoms with van der Waals surface area (Å²) >= 11 is 2.28. The van der Waals surface area contributed by atoms with Crippen molar-refractivity contribution in [2.24, 2.45) is 10.8 Å². The van der Waals surface area contributed by atoms with Crippen LogP contribution < -0.4 is 4.74 Å². The Labute approximate surface area is 132 Å². The van der Waals surface area contributed by atoms with Gasteiger partial charge in [-0.3, -0.25) is 4.79 Å². The Bertz CT molecular complexity index is 502. The molecule has 0 aromatic heterocycles. The van der Waals surface area contributed by atoms with E-state index >= 15 is 0 Å². The summed E-state index contributed by atoms with van der Waals surface area (Å²) in [6, 6.07) is 8.09. The fourth-order valence-electron chi connectivity index (χ4n) is 3.59. The second kappa shape index (κ2) is 5.20. The lowest BCUT2D eigenvalue weighted by Gasteiger charge is -2.51. The molecule has 1 aromatic rings. The van der Waals surface area contributed by atoms with Crippen LogP contribution in [0, 0.1) is 14.4 Å². The third-order valence-electron chi connectivity index (χ3n) is 5.20. The van der Waals surface area contributed by atoms with E-state index in [0.29, 0.717) is 0 Å². The zero-order valence-electron chi connectivity index (χ0n) is 11.4. The summed E-state index contributed by atoms with van der Waals surface area (Å²) in [5.41, 5.74) is -0.220. The van der Waals surface area contributed by atoms with Crippen LogP contribution in [-0.2, 0) is 4.79 Å². The first-order valence-electron chi connectivity index (χ1n) is 7.16. The van der Waals surface area contributed by atoms with Crippen molar-refractivity contribution < 1.29 is 14.6 Å². The number of carbonyl (C=O) groups is 1. The molecule has 1 N–H and O–H groups in total. The van der Waals surface area contributed by atoms with Gasteiger partial charge in [0.1, 0.15) is 5.75 Å². The highest BCUT2D eigenvalue weighted by molar-refractivity contribution is 14.1. The molecule has 3 fully saturated rings. The summed E-state index contributed by atoms with van der Waals surface area (Å²) in [4.78, 5) is 11.4. The second-order valence-corrected chi connectivity index (χ2v) is 7.58. The molecule has 2 bridgehead atoms. The first-order valence-corrected chi connectivity index (χ1v) is 8.23. The van der Waals surface area contributed by atoms with Crippen LogP contribution in [0.5, 0.6) is 5.75 Å². The number of hydrogen-bond donors (Lipinski definition) is 1. The molecule has 4 heteroatoms. The van der Waals surface area contributed by atoms with E-state index in [1.807, 2.05) is 24.3 Å². The maximum absolute atomic E-state index is 11.4. The second-order valence-electron chi connectivity index (χ2n) is 6.33. The maximum Gasteiger partial charge on any atom is 0.309 e. The van der Waals surface area contributed by atoms with Gasteiger partial charge in [-0.15, -0.1) is 0 Å². The first kappa shape index (κ1) is 14.2. The van der Waals surface area contributed by atoms with Gasteiger partial charge < -0.3 is 9.84 Å². The number of benzene rings is 1. The standard InChI is InChI=1S/C16H19IO3/c17-12-2-1-3-13(10-12)20-11-15-4-7-16(8-5-15,9-6-15)14(18)19/h1-3,10H,4-9,11H2,(H,18,19). The number of hydrogen-bond acceptors (Lipinski definition) is 2. The molecule has 0 atom stereocenters. The molecule has 0 aliphatic heterocycles. The molecule has 3 aliphatic rings. The third kappa shape index (κ3) is 2.54. The number of ether oxygens (including phenoxy) is 1. The Morgan fingerprint density at radius 3 is 2.40 bits per heavy atom. The Hall–Kier alpha value is -0.780. The zero-order chi connectivity index (χ0) is 14.2. The Kier molecular flexibility index (Phi) is 3.69. The van der Waals surface area contributed by atoms with Gasteiger partial charge >= 0.3 is 5.97 Å². The molecule has 0 unspecified atom stereocenters. The molecule has 108 valence electrons. The monoisotopic (exact) mass is 386 g/mol. The summed E-state index contributed by atoms with van der Waals surface area (Å²) in [6.07, 6.45) is 5.42. The van der Waals surface area contributed by atoms with Crippen LogP contribution in [0.1, 0.15) is 38.5 Å². The molecule has 1 aromatic carbocycles. The van der Waals surface area contributed by atoms with Crippen LogP contribution in [0.2, 0.25) is 0 Å². The molecular formula is C16H19IO3. The van der Waals surface area contributed by atoms with E-state index in [4.69, 9.17) is 4.74 Å². The molecule has 3 aliphatic carbocycles. The van der Waals surface area contributed by atoms with Crippen molar-refractivity contribution in [3.63, 3.8) is 0 Å². The predicted molar refractivity (Wildman–Crippen MR) is 84.9 cm³/mol. The number of halogens is 1. The van der Waals surface area contributed by atoms with Gasteiger partial charge in [0.15, 0.2) is 0 Å². The van der Waals surface area contributed by atoms with Crippen molar-refractivity contribution in [1.82, 2.24) is 0 Å². The average Bonchev–Trinajstić information content (AvgIpc) is 2.47. The van der Waals surface area contributed by atoms with E-state index in [-0.39, 0.29) is 5.41 Å². The minimum absolute atomic E-state index is 0.207. The van der Waals surface area contributed by atoms with Crippen molar-refractivity contribution in [3.05, 3.63) is 27.8 Å². The highest BCUT2D eigenvalue weighted by atomic mass is 127. The molecule has 3 nitrogen and oxygen atoms in total. The molecule has 0 heterocycles. The molecule has 3 saturated carbocycles. The highest BCUT2D eigenvalue weighted by Gasteiger charge is 2.52. The lowest BCUT2D eigenvalue weighted by molar-refractivity contribution is -0.160. The maximum atomic E-state index is 11.4. The van der Waals surface area contributed by atoms with Crippen molar-refractivity contribution in [1.29, 1.82) is 0 Å². The van der Waals surface area contributed by atoms with Gasteiger partial charge in [0, 0.05) is 8.99 Å². The van der Waals surface area contributed by atoms with Gasteiger partial charge in [-0.1, -0.05) is 6.07 Å². The van der Waals surface area contributed by atoms with Gasteiger partial charge in [0.05, 0.1) is 12.0 Å². The lowest BCUT2D eigenvalue weighted by atomic mass is 9.54. The van der Waals surface area contributed by atoms with E-state index in [1.54, 1.807) is 0 Å². The number of rotatable bonds is 4. The van der Waals surface area contributed by atoms with Crippen LogP contribution in [0.15, 0.2) is 24.3 Å². The SMILES string of the molecule is O=C(O)C12CCC(COc3cccc(I)c3)(CC1)CC2. The lowest BCUT2D eigenvalue weighted by Crippen LogP contribution is -2.48. The number of carboxylic acid groups (broad SMARTS) is 1. The van der Waals surface area contributed by atoms with E-state index in [1.165, 1.54) is 3.57 Å². The topological polar surface area (TPSA) is 46.5 Å². The molecule has 0 saturated heterocycles. The Balaban J connectivity index is 1.64. The molecule has 0 spiro atoms. The smallest absolute Gasteiger partial charge is 0.309 e. The summed E-state index contributed by atoms with van der Waals surface area (Å²) in [5, 5.41) is 9.40. The van der Waals surface area contributed by atoms with Gasteiger partial charge in [-0.2, -0.15) is 0 Å². The molecule has 0 radical (unpaired) electrons. The summed E-state index contributed by atoms with van der Waals surface area (Å²) in [7, 11) is 0. The summed E-state index contributed by atoms with van der Waals surface area (Å²) in [5.74, 6) is 0.330. The van der Waals surface area contributed by atoms with E-state index in [0.717, 1.165) is 50.9 Å². The highest BCUT2D eigenvalue weighted by Crippen LogP contribution is 2.57. The molecule has 0 amide bonds. The Morgan fingerprint density at radius 2 is 1.85 bits per heavy atom. The fourth-order valence-corrected chi connectivity index (χ4v) is 4.11. The molecular weight excluding hydrogens is 367 g/mol. The van der Waals surface area contributed by atoms with Crippen molar-refractivity contribution in [2.45, 2.75) is 38.5 Å². The number of fused-ring (bicyclic) bond motifs is 3. The third-order valence-corrected chi connectivity index (χ3v) is 5.87. The van der Waals surface area contributed by atoms with E-state index in [9.17, 15) is 9.90 Å². The van der Waals surface area contributed by atoms with Gasteiger partial charge in [0.2, 0.25) is 0 Å².